The normalized spacial score (nSPS) is 11.4. The predicted octanol–water partition coefficient (Wildman–Crippen LogP) is 2.92. The number of benzene rings is 2. The van der Waals surface area contributed by atoms with E-state index in [2.05, 4.69) is 4.72 Å². The van der Waals surface area contributed by atoms with Crippen LogP contribution in [0, 0.1) is 0 Å². The van der Waals surface area contributed by atoms with Gasteiger partial charge in [-0.3, -0.25) is 0 Å². The van der Waals surface area contributed by atoms with Crippen molar-refractivity contribution in [3.63, 3.8) is 0 Å². The summed E-state index contributed by atoms with van der Waals surface area (Å²) in [6.07, 6.45) is 1.36. The molecule has 23 heavy (non-hydrogen) atoms. The molecule has 0 aliphatic rings. The average Bonchev–Trinajstić information content (AvgIpc) is 2.59. The quantitative estimate of drug-likeness (QED) is 0.808. The highest BCUT2D eigenvalue weighted by Gasteiger charge is 2.11. The summed E-state index contributed by atoms with van der Waals surface area (Å²) in [5, 5.41) is 0. The average molecular weight is 333 g/mol. The lowest BCUT2D eigenvalue weighted by Gasteiger charge is -2.10. The Morgan fingerprint density at radius 1 is 1.04 bits per heavy atom. The molecule has 2 aromatic carbocycles. The zero-order chi connectivity index (χ0) is 16.7. The molecule has 2 rings (SSSR count). The number of hydrogen-bond donors (Lipinski definition) is 1. The van der Waals surface area contributed by atoms with Crippen LogP contribution in [0.2, 0.25) is 0 Å². The fourth-order valence-electron chi connectivity index (χ4n) is 2.38. The van der Waals surface area contributed by atoms with Gasteiger partial charge in [-0.15, -0.1) is 0 Å². The van der Waals surface area contributed by atoms with Gasteiger partial charge in [0.05, 0.1) is 12.9 Å². The van der Waals surface area contributed by atoms with Crippen molar-refractivity contribution in [2.24, 2.45) is 0 Å². The van der Waals surface area contributed by atoms with E-state index in [9.17, 15) is 8.42 Å². The molecule has 0 aromatic heterocycles. The van der Waals surface area contributed by atoms with Gasteiger partial charge >= 0.3 is 0 Å². The van der Waals surface area contributed by atoms with Crippen molar-refractivity contribution >= 4 is 10.0 Å². The first-order chi connectivity index (χ1) is 11.0. The molecule has 0 saturated carbocycles. The van der Waals surface area contributed by atoms with E-state index in [4.69, 9.17) is 4.74 Å². The third-order valence-corrected chi connectivity index (χ3v) is 5.05. The molecule has 0 fully saturated rings. The SMILES string of the molecule is CCc1cc(CNS(=O)(=O)CCc2ccccc2)ccc1OC. The van der Waals surface area contributed by atoms with E-state index in [1.54, 1.807) is 7.11 Å². The second-order valence-electron chi connectivity index (χ2n) is 5.38. The third-order valence-electron chi connectivity index (χ3n) is 3.72. The van der Waals surface area contributed by atoms with Gasteiger partial charge in [0.2, 0.25) is 10.0 Å². The lowest BCUT2D eigenvalue weighted by molar-refractivity contribution is 0.410. The van der Waals surface area contributed by atoms with Crippen LogP contribution in [0.15, 0.2) is 48.5 Å². The predicted molar refractivity (Wildman–Crippen MR) is 93.1 cm³/mol. The first-order valence-corrected chi connectivity index (χ1v) is 9.36. The van der Waals surface area contributed by atoms with Crippen molar-refractivity contribution < 1.29 is 13.2 Å². The van der Waals surface area contributed by atoms with E-state index in [0.29, 0.717) is 13.0 Å². The molecular weight excluding hydrogens is 310 g/mol. The minimum atomic E-state index is -3.29. The fraction of sp³-hybridized carbons (Fsp3) is 0.333. The summed E-state index contributed by atoms with van der Waals surface area (Å²) < 4.78 is 32.2. The third kappa shape index (κ3) is 5.37. The van der Waals surface area contributed by atoms with Gasteiger partial charge in [-0.05, 0) is 35.6 Å². The molecule has 0 heterocycles. The monoisotopic (exact) mass is 333 g/mol. The summed E-state index contributed by atoms with van der Waals surface area (Å²) in [6, 6.07) is 15.4. The van der Waals surface area contributed by atoms with Gasteiger partial charge in [0, 0.05) is 6.54 Å². The fourth-order valence-corrected chi connectivity index (χ4v) is 3.42. The van der Waals surface area contributed by atoms with Crippen molar-refractivity contribution in [1.29, 1.82) is 0 Å². The van der Waals surface area contributed by atoms with Gasteiger partial charge in [0.1, 0.15) is 5.75 Å². The molecule has 5 heteroatoms. The summed E-state index contributed by atoms with van der Waals surface area (Å²) >= 11 is 0. The Kier molecular flexibility index (Phi) is 6.19. The lowest BCUT2D eigenvalue weighted by Crippen LogP contribution is -2.26. The maximum atomic E-state index is 12.1. The number of nitrogens with one attached hydrogen (secondary N) is 1. The standard InChI is InChI=1S/C18H23NO3S/c1-3-17-13-16(9-10-18(17)22-2)14-19-23(20,21)12-11-15-7-5-4-6-8-15/h4-10,13,19H,3,11-12,14H2,1-2H3. The largest absolute Gasteiger partial charge is 0.496 e. The number of hydrogen-bond acceptors (Lipinski definition) is 3. The van der Waals surface area contributed by atoms with Gasteiger partial charge in [0.25, 0.3) is 0 Å². The summed E-state index contributed by atoms with van der Waals surface area (Å²) in [5.74, 6) is 0.927. The van der Waals surface area contributed by atoms with Crippen LogP contribution in [-0.2, 0) is 29.4 Å². The second kappa shape index (κ2) is 8.13. The van der Waals surface area contributed by atoms with Gasteiger partial charge in [-0.25, -0.2) is 13.1 Å². The van der Waals surface area contributed by atoms with E-state index >= 15 is 0 Å². The summed E-state index contributed by atoms with van der Waals surface area (Å²) in [7, 11) is -1.66. The van der Waals surface area contributed by atoms with Crippen LogP contribution in [0.4, 0.5) is 0 Å². The zero-order valence-electron chi connectivity index (χ0n) is 13.6. The second-order valence-corrected chi connectivity index (χ2v) is 7.30. The molecule has 0 amide bonds. The molecule has 0 spiro atoms. The van der Waals surface area contributed by atoms with Crippen LogP contribution in [-0.4, -0.2) is 21.3 Å². The molecule has 124 valence electrons. The van der Waals surface area contributed by atoms with Gasteiger partial charge in [-0.1, -0.05) is 49.4 Å². The topological polar surface area (TPSA) is 55.4 Å². The molecule has 0 atom stereocenters. The Bertz CT molecular complexity index is 727. The van der Waals surface area contributed by atoms with Crippen molar-refractivity contribution in [2.75, 3.05) is 12.9 Å². The van der Waals surface area contributed by atoms with Crippen molar-refractivity contribution in [1.82, 2.24) is 4.72 Å². The molecule has 0 aliphatic heterocycles. The Balaban J connectivity index is 1.94. The molecule has 0 unspecified atom stereocenters. The number of ether oxygens (including phenoxy) is 1. The minimum Gasteiger partial charge on any atom is -0.496 e. The van der Waals surface area contributed by atoms with Crippen LogP contribution in [0.3, 0.4) is 0 Å². The van der Waals surface area contributed by atoms with Gasteiger partial charge < -0.3 is 4.74 Å². The van der Waals surface area contributed by atoms with Crippen molar-refractivity contribution in [3.8, 4) is 5.75 Å². The van der Waals surface area contributed by atoms with E-state index in [0.717, 1.165) is 28.9 Å². The van der Waals surface area contributed by atoms with Gasteiger partial charge in [-0.2, -0.15) is 0 Å². The number of rotatable bonds is 8. The highest BCUT2D eigenvalue weighted by molar-refractivity contribution is 7.89. The lowest BCUT2D eigenvalue weighted by atomic mass is 10.1. The molecule has 0 bridgehead atoms. The van der Waals surface area contributed by atoms with Gasteiger partial charge in [0.15, 0.2) is 0 Å². The zero-order valence-corrected chi connectivity index (χ0v) is 14.4. The van der Waals surface area contributed by atoms with Crippen molar-refractivity contribution in [3.05, 3.63) is 65.2 Å². The highest BCUT2D eigenvalue weighted by atomic mass is 32.2. The molecule has 1 N–H and O–H groups in total. The minimum absolute atomic E-state index is 0.0911. The summed E-state index contributed by atoms with van der Waals surface area (Å²) in [4.78, 5) is 0. The number of methoxy groups -OCH3 is 1. The van der Waals surface area contributed by atoms with E-state index in [-0.39, 0.29) is 5.75 Å². The van der Waals surface area contributed by atoms with Crippen LogP contribution in [0.1, 0.15) is 23.6 Å². The first-order valence-electron chi connectivity index (χ1n) is 7.71. The molecule has 2 aromatic rings. The molecule has 0 saturated heterocycles. The van der Waals surface area contributed by atoms with Crippen molar-refractivity contribution in [2.45, 2.75) is 26.3 Å². The molecule has 0 radical (unpaired) electrons. The Hall–Kier alpha value is -1.85. The number of aryl methyl sites for hydroxylation is 2. The van der Waals surface area contributed by atoms with Crippen LogP contribution < -0.4 is 9.46 Å². The van der Waals surface area contributed by atoms with E-state index in [1.165, 1.54) is 0 Å². The maximum absolute atomic E-state index is 12.1. The van der Waals surface area contributed by atoms with E-state index in [1.807, 2.05) is 55.5 Å². The Labute approximate surface area is 138 Å². The highest BCUT2D eigenvalue weighted by Crippen LogP contribution is 2.20. The smallest absolute Gasteiger partial charge is 0.212 e. The Morgan fingerprint density at radius 3 is 2.43 bits per heavy atom. The van der Waals surface area contributed by atoms with Crippen LogP contribution in [0.25, 0.3) is 0 Å². The number of sulfonamides is 1. The first kappa shape index (κ1) is 17.5. The summed E-state index contributed by atoms with van der Waals surface area (Å²) in [5.41, 5.74) is 3.04. The maximum Gasteiger partial charge on any atom is 0.212 e. The van der Waals surface area contributed by atoms with E-state index < -0.39 is 10.0 Å². The van der Waals surface area contributed by atoms with Crippen LogP contribution >= 0.6 is 0 Å². The molecule has 0 aliphatic carbocycles. The molecular formula is C18H23NO3S. The Morgan fingerprint density at radius 2 is 1.78 bits per heavy atom. The molecule has 4 nitrogen and oxygen atoms in total. The summed E-state index contributed by atoms with van der Waals surface area (Å²) in [6.45, 7) is 2.35. The van der Waals surface area contributed by atoms with Crippen LogP contribution in [0.5, 0.6) is 5.75 Å².